The van der Waals surface area contributed by atoms with E-state index in [-0.39, 0.29) is 6.04 Å². The lowest BCUT2D eigenvalue weighted by Gasteiger charge is -2.29. The molecule has 5 heterocycles. The summed E-state index contributed by atoms with van der Waals surface area (Å²) in [7, 11) is 0. The first-order valence-corrected chi connectivity index (χ1v) is 10.2. The van der Waals surface area contributed by atoms with E-state index in [1.807, 2.05) is 12.4 Å². The second-order valence-corrected chi connectivity index (χ2v) is 7.78. The molecule has 0 aromatic carbocycles. The van der Waals surface area contributed by atoms with E-state index in [2.05, 4.69) is 52.8 Å². The first-order valence-electron chi connectivity index (χ1n) is 10.2. The first kappa shape index (κ1) is 18.4. The van der Waals surface area contributed by atoms with E-state index in [1.54, 1.807) is 0 Å². The molecule has 150 valence electrons. The van der Waals surface area contributed by atoms with Gasteiger partial charge in [0.2, 0.25) is 0 Å². The number of aromatic nitrogens is 3. The lowest BCUT2D eigenvalue weighted by Crippen LogP contribution is -2.36. The molecule has 5 rings (SSSR count). The normalized spacial score (nSPS) is 19.8. The standard InChI is InChI=1S/C22H26N6O/c1-14-11-17(15(2)24-13-14)18-12-20(28-7-9-29-10-8-28)26-21-16(18)3-5-23-22(21)19-4-6-25-27-19/h3,5,11-13,19,25,27H,4,6-10H2,1-2H3. The molecule has 2 aliphatic heterocycles. The molecule has 1 atom stereocenters. The van der Waals surface area contributed by atoms with E-state index in [9.17, 15) is 0 Å². The van der Waals surface area contributed by atoms with Crippen LogP contribution in [0.4, 0.5) is 5.82 Å². The summed E-state index contributed by atoms with van der Waals surface area (Å²) in [6, 6.07) is 6.67. The molecule has 1 unspecified atom stereocenters. The lowest BCUT2D eigenvalue weighted by atomic mass is 9.97. The zero-order valence-corrected chi connectivity index (χ0v) is 16.9. The Morgan fingerprint density at radius 2 is 1.97 bits per heavy atom. The maximum Gasteiger partial charge on any atom is 0.130 e. The molecule has 0 spiro atoms. The zero-order valence-electron chi connectivity index (χ0n) is 16.9. The molecule has 7 heteroatoms. The van der Waals surface area contributed by atoms with Crippen LogP contribution in [0.25, 0.3) is 22.0 Å². The third kappa shape index (κ3) is 3.46. The third-order valence-corrected chi connectivity index (χ3v) is 5.76. The summed E-state index contributed by atoms with van der Waals surface area (Å²) in [5.41, 5.74) is 13.0. The number of anilines is 1. The van der Waals surface area contributed by atoms with Crippen molar-refractivity contribution in [2.75, 3.05) is 37.7 Å². The maximum absolute atomic E-state index is 5.55. The minimum Gasteiger partial charge on any atom is -0.378 e. The quantitative estimate of drug-likeness (QED) is 0.712. The molecule has 0 saturated carbocycles. The van der Waals surface area contributed by atoms with Crippen molar-refractivity contribution in [2.45, 2.75) is 26.3 Å². The van der Waals surface area contributed by atoms with Crippen molar-refractivity contribution < 1.29 is 4.74 Å². The molecular formula is C22H26N6O. The number of aryl methyl sites for hydroxylation is 2. The number of hydrogen-bond acceptors (Lipinski definition) is 7. The van der Waals surface area contributed by atoms with E-state index in [1.165, 1.54) is 5.56 Å². The van der Waals surface area contributed by atoms with Crippen LogP contribution in [0.2, 0.25) is 0 Å². The topological polar surface area (TPSA) is 75.2 Å². The molecule has 2 fully saturated rings. The highest BCUT2D eigenvalue weighted by Gasteiger charge is 2.24. The lowest BCUT2D eigenvalue weighted by molar-refractivity contribution is 0.122. The van der Waals surface area contributed by atoms with Crippen LogP contribution in [0.15, 0.2) is 30.6 Å². The number of nitrogens with one attached hydrogen (secondary N) is 2. The fourth-order valence-corrected chi connectivity index (χ4v) is 4.19. The van der Waals surface area contributed by atoms with Gasteiger partial charge in [0.25, 0.3) is 0 Å². The minimum absolute atomic E-state index is 0.163. The van der Waals surface area contributed by atoms with Gasteiger partial charge in [0.1, 0.15) is 5.82 Å². The van der Waals surface area contributed by atoms with Crippen LogP contribution in [0.5, 0.6) is 0 Å². The van der Waals surface area contributed by atoms with Gasteiger partial charge in [0.05, 0.1) is 30.5 Å². The Morgan fingerprint density at radius 3 is 2.76 bits per heavy atom. The van der Waals surface area contributed by atoms with Gasteiger partial charge in [-0.1, -0.05) is 0 Å². The molecule has 3 aromatic rings. The summed E-state index contributed by atoms with van der Waals surface area (Å²) in [5, 5.41) is 1.12. The molecule has 2 saturated heterocycles. The second-order valence-electron chi connectivity index (χ2n) is 7.78. The Morgan fingerprint density at radius 1 is 1.10 bits per heavy atom. The number of pyridine rings is 3. The van der Waals surface area contributed by atoms with Gasteiger partial charge in [-0.2, -0.15) is 0 Å². The van der Waals surface area contributed by atoms with Crippen LogP contribution >= 0.6 is 0 Å². The van der Waals surface area contributed by atoms with Crippen LogP contribution < -0.4 is 15.8 Å². The van der Waals surface area contributed by atoms with Crippen molar-refractivity contribution in [1.82, 2.24) is 25.8 Å². The van der Waals surface area contributed by atoms with Gasteiger partial charge in [-0.3, -0.25) is 15.4 Å². The Kier molecular flexibility index (Phi) is 4.87. The first-order chi connectivity index (χ1) is 14.2. The number of morpholine rings is 1. The SMILES string of the molecule is Cc1cnc(C)c(-c2cc(N3CCOCC3)nc3c(C4CCNN4)nccc23)c1. The highest BCUT2D eigenvalue weighted by atomic mass is 16.5. The summed E-state index contributed by atoms with van der Waals surface area (Å²) in [5.74, 6) is 0.983. The van der Waals surface area contributed by atoms with Crippen molar-refractivity contribution >= 4 is 16.7 Å². The van der Waals surface area contributed by atoms with E-state index in [0.29, 0.717) is 0 Å². The Bertz CT molecular complexity index is 1040. The highest BCUT2D eigenvalue weighted by Crippen LogP contribution is 2.36. The van der Waals surface area contributed by atoms with E-state index >= 15 is 0 Å². The number of fused-ring (bicyclic) bond motifs is 1. The number of ether oxygens (including phenoxy) is 1. The predicted octanol–water partition coefficient (Wildman–Crippen LogP) is 2.68. The van der Waals surface area contributed by atoms with Gasteiger partial charge < -0.3 is 9.64 Å². The van der Waals surface area contributed by atoms with Crippen molar-refractivity contribution in [3.8, 4) is 11.1 Å². The third-order valence-electron chi connectivity index (χ3n) is 5.76. The fraction of sp³-hybridized carbons (Fsp3) is 0.409. The number of hydrogen-bond donors (Lipinski definition) is 2. The van der Waals surface area contributed by atoms with Gasteiger partial charge in [0, 0.05) is 48.7 Å². The average molecular weight is 390 g/mol. The van der Waals surface area contributed by atoms with Crippen LogP contribution in [-0.4, -0.2) is 47.8 Å². The molecule has 0 radical (unpaired) electrons. The fourth-order valence-electron chi connectivity index (χ4n) is 4.19. The van der Waals surface area contributed by atoms with Gasteiger partial charge in [0.15, 0.2) is 0 Å². The van der Waals surface area contributed by atoms with Gasteiger partial charge in [-0.05, 0) is 49.6 Å². The highest BCUT2D eigenvalue weighted by molar-refractivity contribution is 5.97. The molecule has 2 aliphatic rings. The Hall–Kier alpha value is -2.61. The zero-order chi connectivity index (χ0) is 19.8. The summed E-state index contributed by atoms with van der Waals surface area (Å²) >= 11 is 0. The van der Waals surface area contributed by atoms with Crippen molar-refractivity contribution in [1.29, 1.82) is 0 Å². The number of hydrazine groups is 1. The van der Waals surface area contributed by atoms with Crippen LogP contribution in [-0.2, 0) is 4.74 Å². The van der Waals surface area contributed by atoms with Crippen molar-refractivity contribution in [3.05, 3.63) is 47.5 Å². The average Bonchev–Trinajstić information content (AvgIpc) is 3.29. The largest absolute Gasteiger partial charge is 0.378 e. The molecule has 0 amide bonds. The van der Waals surface area contributed by atoms with Crippen LogP contribution in [0.3, 0.4) is 0 Å². The summed E-state index contributed by atoms with van der Waals surface area (Å²) < 4.78 is 5.55. The Labute approximate surface area is 170 Å². The number of rotatable bonds is 3. The summed E-state index contributed by atoms with van der Waals surface area (Å²) in [6.45, 7) is 8.24. The van der Waals surface area contributed by atoms with Crippen molar-refractivity contribution in [2.24, 2.45) is 0 Å². The maximum atomic E-state index is 5.55. The van der Waals surface area contributed by atoms with Crippen LogP contribution in [0, 0.1) is 13.8 Å². The molecule has 2 N–H and O–H groups in total. The smallest absolute Gasteiger partial charge is 0.130 e. The molecule has 0 bridgehead atoms. The van der Waals surface area contributed by atoms with E-state index < -0.39 is 0 Å². The van der Waals surface area contributed by atoms with Crippen LogP contribution in [0.1, 0.15) is 29.4 Å². The molecule has 7 nitrogen and oxygen atoms in total. The Balaban J connectivity index is 1.75. The molecule has 3 aromatic heterocycles. The van der Waals surface area contributed by atoms with E-state index in [4.69, 9.17) is 14.7 Å². The van der Waals surface area contributed by atoms with E-state index in [0.717, 1.165) is 78.5 Å². The molecule has 0 aliphatic carbocycles. The van der Waals surface area contributed by atoms with Crippen molar-refractivity contribution in [3.63, 3.8) is 0 Å². The molecule has 29 heavy (non-hydrogen) atoms. The minimum atomic E-state index is 0.163. The van der Waals surface area contributed by atoms with Gasteiger partial charge in [-0.25, -0.2) is 10.4 Å². The monoisotopic (exact) mass is 390 g/mol. The molecular weight excluding hydrogens is 364 g/mol. The number of nitrogens with zero attached hydrogens (tertiary/aromatic N) is 4. The second kappa shape index (κ2) is 7.67. The predicted molar refractivity (Wildman–Crippen MR) is 114 cm³/mol. The summed E-state index contributed by atoms with van der Waals surface area (Å²) in [6.07, 6.45) is 4.82. The van der Waals surface area contributed by atoms with Gasteiger partial charge in [-0.15, -0.1) is 0 Å². The van der Waals surface area contributed by atoms with Gasteiger partial charge >= 0.3 is 0 Å². The summed E-state index contributed by atoms with van der Waals surface area (Å²) in [4.78, 5) is 16.7.